The lowest BCUT2D eigenvalue weighted by atomic mass is 10.0. The molecular weight excluding hydrogens is 234 g/mol. The van der Waals surface area contributed by atoms with Gasteiger partial charge in [-0.25, -0.2) is 4.98 Å². The number of hydrogen-bond donors (Lipinski definition) is 0. The molecule has 0 saturated heterocycles. The van der Waals surface area contributed by atoms with Gasteiger partial charge in [0, 0.05) is 7.05 Å². The van der Waals surface area contributed by atoms with Crippen LogP contribution in [0.5, 0.6) is 0 Å². The minimum atomic E-state index is 0.560. The van der Waals surface area contributed by atoms with Crippen LogP contribution in [0.3, 0.4) is 0 Å². The Labute approximate surface area is 114 Å². The van der Waals surface area contributed by atoms with E-state index < -0.39 is 0 Å². The molecule has 0 atom stereocenters. The summed E-state index contributed by atoms with van der Waals surface area (Å²) in [6.07, 6.45) is 2.86. The van der Waals surface area contributed by atoms with Crippen LogP contribution in [0, 0.1) is 18.3 Å². The molecule has 0 aliphatic carbocycles. The molecule has 98 valence electrons. The first-order chi connectivity index (χ1) is 9.15. The maximum atomic E-state index is 9.10. The molecule has 3 heteroatoms. The number of nitrogens with zero attached hydrogens (tertiary/aromatic N) is 3. The molecule has 0 bridgehead atoms. The molecule has 2 aromatic rings. The number of aromatic nitrogens is 2. The van der Waals surface area contributed by atoms with Crippen LogP contribution in [0.15, 0.2) is 24.3 Å². The topological polar surface area (TPSA) is 41.6 Å². The normalized spacial score (nSPS) is 10.4. The molecule has 1 heterocycles. The highest BCUT2D eigenvalue weighted by molar-refractivity contribution is 5.30. The van der Waals surface area contributed by atoms with Crippen LogP contribution < -0.4 is 0 Å². The summed E-state index contributed by atoms with van der Waals surface area (Å²) in [4.78, 5) is 4.27. The Balaban J connectivity index is 2.12. The van der Waals surface area contributed by atoms with Crippen LogP contribution in [0.4, 0.5) is 0 Å². The highest BCUT2D eigenvalue weighted by atomic mass is 15.1. The highest BCUT2D eigenvalue weighted by Gasteiger charge is 2.11. The van der Waals surface area contributed by atoms with Crippen LogP contribution in [-0.4, -0.2) is 9.55 Å². The summed E-state index contributed by atoms with van der Waals surface area (Å²) in [6.45, 7) is 4.09. The quantitative estimate of drug-likeness (QED) is 0.840. The van der Waals surface area contributed by atoms with Crippen molar-refractivity contribution in [2.24, 2.45) is 7.05 Å². The average Bonchev–Trinajstić information content (AvgIpc) is 2.72. The number of benzene rings is 1. The Morgan fingerprint density at radius 2 is 1.79 bits per heavy atom. The van der Waals surface area contributed by atoms with Crippen LogP contribution in [-0.2, 0) is 26.3 Å². The number of hydrogen-bond acceptors (Lipinski definition) is 2. The number of imidazole rings is 1. The molecular formula is C16H19N3. The van der Waals surface area contributed by atoms with E-state index in [2.05, 4.69) is 42.2 Å². The summed E-state index contributed by atoms with van der Waals surface area (Å²) in [5.74, 6) is 0.896. The zero-order valence-corrected chi connectivity index (χ0v) is 11.8. The number of rotatable bonds is 4. The van der Waals surface area contributed by atoms with E-state index in [1.165, 1.54) is 11.1 Å². The largest absolute Gasteiger partial charge is 0.334 e. The molecule has 2 rings (SSSR count). The van der Waals surface area contributed by atoms with Crippen molar-refractivity contribution in [3.63, 3.8) is 0 Å². The molecule has 0 aliphatic heterocycles. The molecule has 0 aliphatic rings. The summed E-state index contributed by atoms with van der Waals surface area (Å²) >= 11 is 0. The predicted octanol–water partition coefficient (Wildman–Crippen LogP) is 2.95. The van der Waals surface area contributed by atoms with Crippen molar-refractivity contribution in [2.75, 3.05) is 0 Å². The SMILES string of the molecule is CCc1ccc(CCc2c(C#N)nc(C)n2C)cc1. The van der Waals surface area contributed by atoms with Crippen molar-refractivity contribution in [3.8, 4) is 6.07 Å². The lowest BCUT2D eigenvalue weighted by Crippen LogP contribution is -2.02. The van der Waals surface area contributed by atoms with Crippen LogP contribution >= 0.6 is 0 Å². The average molecular weight is 253 g/mol. The van der Waals surface area contributed by atoms with Crippen molar-refractivity contribution in [2.45, 2.75) is 33.1 Å². The molecule has 0 unspecified atom stereocenters. The number of nitriles is 1. The second-order valence-electron chi connectivity index (χ2n) is 4.80. The Morgan fingerprint density at radius 1 is 1.16 bits per heavy atom. The van der Waals surface area contributed by atoms with Crippen LogP contribution in [0.2, 0.25) is 0 Å². The molecule has 0 spiro atoms. The zero-order chi connectivity index (χ0) is 13.8. The minimum absolute atomic E-state index is 0.560. The van der Waals surface area contributed by atoms with Gasteiger partial charge in [0.15, 0.2) is 5.69 Å². The van der Waals surface area contributed by atoms with E-state index in [0.29, 0.717) is 5.69 Å². The fourth-order valence-corrected chi connectivity index (χ4v) is 2.24. The van der Waals surface area contributed by atoms with Crippen molar-refractivity contribution in [3.05, 3.63) is 52.6 Å². The Morgan fingerprint density at radius 3 is 2.37 bits per heavy atom. The lowest BCUT2D eigenvalue weighted by molar-refractivity contribution is 0.771. The molecule has 0 saturated carbocycles. The van der Waals surface area contributed by atoms with Crippen molar-refractivity contribution >= 4 is 0 Å². The fourth-order valence-electron chi connectivity index (χ4n) is 2.24. The van der Waals surface area contributed by atoms with Gasteiger partial charge in [-0.3, -0.25) is 0 Å². The summed E-state index contributed by atoms with van der Waals surface area (Å²) < 4.78 is 2.01. The van der Waals surface area contributed by atoms with Gasteiger partial charge in [0.05, 0.1) is 5.69 Å². The maximum Gasteiger partial charge on any atom is 0.161 e. The van der Waals surface area contributed by atoms with Gasteiger partial charge in [-0.05, 0) is 37.3 Å². The summed E-state index contributed by atoms with van der Waals surface area (Å²) in [6, 6.07) is 10.9. The molecule has 1 aromatic carbocycles. The molecule has 0 amide bonds. The zero-order valence-electron chi connectivity index (χ0n) is 11.8. The van der Waals surface area contributed by atoms with Gasteiger partial charge < -0.3 is 4.57 Å². The number of aryl methyl sites for hydroxylation is 3. The minimum Gasteiger partial charge on any atom is -0.334 e. The molecule has 0 radical (unpaired) electrons. The molecule has 3 nitrogen and oxygen atoms in total. The van der Waals surface area contributed by atoms with E-state index >= 15 is 0 Å². The monoisotopic (exact) mass is 253 g/mol. The van der Waals surface area contributed by atoms with E-state index in [-0.39, 0.29) is 0 Å². The standard InChI is InChI=1S/C16H19N3/c1-4-13-5-7-14(8-6-13)9-10-16-15(11-17)18-12(2)19(16)3/h5-8H,4,9-10H2,1-3H3. The van der Waals surface area contributed by atoms with Gasteiger partial charge in [0.2, 0.25) is 0 Å². The van der Waals surface area contributed by atoms with Crippen LogP contribution in [0.1, 0.15) is 35.3 Å². The van der Waals surface area contributed by atoms with E-state index in [9.17, 15) is 0 Å². The second kappa shape index (κ2) is 5.71. The predicted molar refractivity (Wildman–Crippen MR) is 75.9 cm³/mol. The van der Waals surface area contributed by atoms with Crippen molar-refractivity contribution in [1.82, 2.24) is 9.55 Å². The van der Waals surface area contributed by atoms with Gasteiger partial charge >= 0.3 is 0 Å². The Hall–Kier alpha value is -2.08. The fraction of sp³-hybridized carbons (Fsp3) is 0.375. The third-order valence-electron chi connectivity index (χ3n) is 3.62. The second-order valence-corrected chi connectivity index (χ2v) is 4.80. The summed E-state index contributed by atoms with van der Waals surface area (Å²) in [7, 11) is 1.97. The summed E-state index contributed by atoms with van der Waals surface area (Å²) in [5, 5.41) is 9.10. The van der Waals surface area contributed by atoms with E-state index in [4.69, 9.17) is 5.26 Å². The third-order valence-corrected chi connectivity index (χ3v) is 3.62. The molecule has 0 N–H and O–H groups in total. The highest BCUT2D eigenvalue weighted by Crippen LogP contribution is 2.13. The summed E-state index contributed by atoms with van der Waals surface area (Å²) in [5.41, 5.74) is 4.25. The van der Waals surface area contributed by atoms with E-state index in [1.807, 2.05) is 18.5 Å². The third kappa shape index (κ3) is 2.85. The molecule has 19 heavy (non-hydrogen) atoms. The maximum absolute atomic E-state index is 9.10. The van der Waals surface area contributed by atoms with E-state index in [1.54, 1.807) is 0 Å². The Kier molecular flexibility index (Phi) is 4.01. The van der Waals surface area contributed by atoms with E-state index in [0.717, 1.165) is 30.8 Å². The van der Waals surface area contributed by atoms with Gasteiger partial charge in [-0.15, -0.1) is 0 Å². The van der Waals surface area contributed by atoms with Gasteiger partial charge in [0.1, 0.15) is 11.9 Å². The Bertz CT molecular complexity index is 600. The van der Waals surface area contributed by atoms with Gasteiger partial charge in [-0.2, -0.15) is 5.26 Å². The first-order valence-electron chi connectivity index (χ1n) is 6.65. The smallest absolute Gasteiger partial charge is 0.161 e. The van der Waals surface area contributed by atoms with Gasteiger partial charge in [-0.1, -0.05) is 31.2 Å². The van der Waals surface area contributed by atoms with Crippen LogP contribution in [0.25, 0.3) is 0 Å². The van der Waals surface area contributed by atoms with Crippen molar-refractivity contribution in [1.29, 1.82) is 5.26 Å². The van der Waals surface area contributed by atoms with Gasteiger partial charge in [0.25, 0.3) is 0 Å². The molecule has 0 fully saturated rings. The first-order valence-corrected chi connectivity index (χ1v) is 6.65. The lowest BCUT2D eigenvalue weighted by Gasteiger charge is -2.05. The first kappa shape index (κ1) is 13.4. The van der Waals surface area contributed by atoms with Crippen molar-refractivity contribution < 1.29 is 0 Å². The molecule has 1 aromatic heterocycles.